The number of halogens is 4. The fraction of sp³-hybridized carbons (Fsp3) is 0.0270. The third-order valence-electron chi connectivity index (χ3n) is 8.46. The monoisotopic (exact) mass is 676 g/mol. The van der Waals surface area contributed by atoms with Crippen molar-refractivity contribution in [3.05, 3.63) is 182 Å². The number of hydrogen-bond acceptors (Lipinski definition) is 0. The van der Waals surface area contributed by atoms with E-state index in [1.54, 1.807) is 0 Å². The summed E-state index contributed by atoms with van der Waals surface area (Å²) >= 11 is 34.6. The van der Waals surface area contributed by atoms with Gasteiger partial charge in [-0.25, -0.2) is 0 Å². The first-order valence-corrected chi connectivity index (χ1v) is 21.0. The molecular weight excluding hydrogens is 648 g/mol. The van der Waals surface area contributed by atoms with Crippen LogP contribution < -0.4 is 31.8 Å². The molecule has 0 fully saturated rings. The van der Waals surface area contributed by atoms with Crippen molar-refractivity contribution < 1.29 is 0 Å². The summed E-state index contributed by atoms with van der Waals surface area (Å²) < 4.78 is -1.84. The predicted molar refractivity (Wildman–Crippen MR) is 196 cm³/mol. The molecule has 0 aliphatic heterocycles. The molecule has 0 nitrogen and oxygen atoms in total. The van der Waals surface area contributed by atoms with Crippen molar-refractivity contribution in [1.82, 2.24) is 0 Å². The zero-order chi connectivity index (χ0) is 30.1. The van der Waals surface area contributed by atoms with Crippen LogP contribution in [0.5, 0.6) is 0 Å². The van der Waals surface area contributed by atoms with Crippen LogP contribution in [0.15, 0.2) is 182 Å². The van der Waals surface area contributed by atoms with Crippen molar-refractivity contribution in [3.8, 4) is 0 Å². The Morgan fingerprint density at radius 3 is 0.558 bits per heavy atom. The second-order valence-electron chi connectivity index (χ2n) is 10.5. The van der Waals surface area contributed by atoms with E-state index in [1.165, 1.54) is 0 Å². The van der Waals surface area contributed by atoms with Gasteiger partial charge in [-0.15, -0.1) is 0 Å². The summed E-state index contributed by atoms with van der Waals surface area (Å²) in [5.41, 5.74) is 0. The Hall–Kier alpha value is -2.66. The fourth-order valence-corrected chi connectivity index (χ4v) is 28.0. The van der Waals surface area contributed by atoms with Gasteiger partial charge in [0.05, 0.1) is 0 Å². The Labute approximate surface area is 273 Å². The molecule has 6 aromatic carbocycles. The summed E-state index contributed by atoms with van der Waals surface area (Å²) in [4.78, 5) is 0. The molecule has 0 spiro atoms. The molecule has 0 radical (unpaired) electrons. The molecule has 0 atom stereocenters. The average Bonchev–Trinajstić information content (AvgIpc) is 3.10. The molecule has 6 rings (SSSR count). The van der Waals surface area contributed by atoms with Crippen molar-refractivity contribution in [2.75, 3.05) is 0 Å². The molecule has 0 saturated heterocycles. The van der Waals surface area contributed by atoms with Gasteiger partial charge >= 0.3 is 275 Å². The summed E-state index contributed by atoms with van der Waals surface area (Å²) in [5.74, 6) is -9.06. The summed E-state index contributed by atoms with van der Waals surface area (Å²) in [6, 6.07) is 60.3. The molecule has 0 unspecified atom stereocenters. The molecule has 6 heteroatoms. The molecular formula is C37H30Cl4P2. The van der Waals surface area contributed by atoms with E-state index in [9.17, 15) is 0 Å². The van der Waals surface area contributed by atoms with Gasteiger partial charge < -0.3 is 0 Å². The SMILES string of the molecule is ClC(Cl)(P(Cl)(c1ccccc1)(c1ccccc1)c1ccccc1)P(Cl)(c1ccccc1)(c1ccccc1)c1ccccc1. The van der Waals surface area contributed by atoms with Gasteiger partial charge in [-0.2, -0.15) is 0 Å². The molecule has 0 saturated carbocycles. The number of alkyl halides is 2. The molecule has 0 heterocycles. The summed E-state index contributed by atoms with van der Waals surface area (Å²) in [7, 11) is 0. The predicted octanol–water partition coefficient (Wildman–Crippen LogP) is 9.44. The van der Waals surface area contributed by atoms with E-state index in [2.05, 4.69) is 0 Å². The molecule has 0 bridgehead atoms. The van der Waals surface area contributed by atoms with Gasteiger partial charge in [0.2, 0.25) is 0 Å². The van der Waals surface area contributed by atoms with E-state index in [1.807, 2.05) is 182 Å². The van der Waals surface area contributed by atoms with Gasteiger partial charge in [0, 0.05) is 0 Å². The standard InChI is InChI=1S/C37H30Cl4P2/c38-37(39,42(40,31-19-7-1-8-20-31,32-21-9-2-10-22-32)33-23-11-3-12-24-33)43(41,34-25-13-4-14-26-34,35-27-15-5-16-28-35)36-29-17-6-18-30-36/h1-30H. The van der Waals surface area contributed by atoms with Gasteiger partial charge in [-0.3, -0.25) is 0 Å². The van der Waals surface area contributed by atoms with E-state index in [-0.39, 0.29) is 0 Å². The molecule has 0 N–H and O–H groups in total. The molecule has 0 aliphatic carbocycles. The van der Waals surface area contributed by atoms with Gasteiger partial charge in [0.25, 0.3) is 0 Å². The van der Waals surface area contributed by atoms with Gasteiger partial charge in [-0.1, -0.05) is 0 Å². The molecule has 6 aromatic rings. The minimum absolute atomic E-state index is 0.829. The Morgan fingerprint density at radius 1 is 0.279 bits per heavy atom. The second kappa shape index (κ2) is 11.4. The van der Waals surface area contributed by atoms with Gasteiger partial charge in [-0.05, 0) is 0 Å². The quantitative estimate of drug-likeness (QED) is 0.111. The number of hydrogen-bond donors (Lipinski definition) is 0. The molecule has 0 aliphatic rings. The first-order chi connectivity index (χ1) is 20.8. The minimum atomic E-state index is -4.53. The number of benzene rings is 6. The van der Waals surface area contributed by atoms with Crippen LogP contribution in [0, 0.1) is 0 Å². The zero-order valence-corrected chi connectivity index (χ0v) is 28.0. The van der Waals surface area contributed by atoms with Crippen molar-refractivity contribution in [3.63, 3.8) is 0 Å². The maximum absolute atomic E-state index is 8.80. The Kier molecular flexibility index (Phi) is 8.03. The molecule has 0 aromatic heterocycles. The topological polar surface area (TPSA) is 0 Å². The van der Waals surface area contributed by atoms with E-state index in [4.69, 9.17) is 45.7 Å². The third-order valence-corrected chi connectivity index (χ3v) is 31.3. The van der Waals surface area contributed by atoms with Crippen LogP contribution in [0.25, 0.3) is 0 Å². The number of rotatable bonds is 8. The molecule has 0 amide bonds. The summed E-state index contributed by atoms with van der Waals surface area (Å²) in [6.45, 7) is 0. The third kappa shape index (κ3) is 3.98. The van der Waals surface area contributed by atoms with E-state index >= 15 is 0 Å². The Morgan fingerprint density at radius 2 is 0.419 bits per heavy atom. The van der Waals surface area contributed by atoms with E-state index < -0.39 is 15.7 Å². The van der Waals surface area contributed by atoms with Crippen molar-refractivity contribution >= 4 is 89.4 Å². The van der Waals surface area contributed by atoms with Crippen molar-refractivity contribution in [1.29, 1.82) is 0 Å². The maximum atomic E-state index is 8.80. The first-order valence-electron chi connectivity index (χ1n) is 14.0. The summed E-state index contributed by atoms with van der Waals surface area (Å²) in [5, 5.41) is 4.97. The zero-order valence-electron chi connectivity index (χ0n) is 23.2. The van der Waals surface area contributed by atoms with Crippen LogP contribution in [-0.4, -0.2) is 3.82 Å². The van der Waals surface area contributed by atoms with Crippen LogP contribution in [0.3, 0.4) is 0 Å². The average molecular weight is 678 g/mol. The van der Waals surface area contributed by atoms with Gasteiger partial charge in [0.15, 0.2) is 0 Å². The molecule has 216 valence electrons. The van der Waals surface area contributed by atoms with Crippen molar-refractivity contribution in [2.45, 2.75) is 3.82 Å². The van der Waals surface area contributed by atoms with Crippen LogP contribution in [0.1, 0.15) is 0 Å². The normalized spacial score (nSPS) is 14.1. The van der Waals surface area contributed by atoms with Crippen LogP contribution in [-0.2, 0) is 0 Å². The second-order valence-corrected chi connectivity index (χ2v) is 25.8. The van der Waals surface area contributed by atoms with Gasteiger partial charge in [0.1, 0.15) is 0 Å². The van der Waals surface area contributed by atoms with Crippen LogP contribution in [0.4, 0.5) is 0 Å². The van der Waals surface area contributed by atoms with Crippen LogP contribution in [0.2, 0.25) is 0 Å². The fourth-order valence-electron chi connectivity index (χ4n) is 6.43. The first kappa shape index (κ1) is 30.4. The molecule has 43 heavy (non-hydrogen) atoms. The Bertz CT molecular complexity index is 1480. The summed E-state index contributed by atoms with van der Waals surface area (Å²) in [6.07, 6.45) is 0. The van der Waals surface area contributed by atoms with Crippen LogP contribution >= 0.6 is 57.6 Å². The van der Waals surface area contributed by atoms with Crippen molar-refractivity contribution in [2.24, 2.45) is 0 Å². The van der Waals surface area contributed by atoms with E-state index in [0.29, 0.717) is 0 Å². The Balaban J connectivity index is 1.96. The van der Waals surface area contributed by atoms with E-state index in [0.717, 1.165) is 31.8 Å².